The van der Waals surface area contributed by atoms with Gasteiger partial charge in [0.25, 0.3) is 10.0 Å². The number of piperazine rings is 1. The maximum Gasteiger partial charge on any atom is 0.264 e. The standard InChI is InChI=1S/C26H28ClN3O5S/c1-34-23-8-6-21(7-9-23)28-14-16-29(17-15-28)26(31)19-30(22-5-3-4-20(27)18-22)36(32,33)25-12-10-24(35-2)11-13-25/h3-13,18H,14-17,19H2,1-2H3. The molecule has 3 aromatic carbocycles. The van der Waals surface area contributed by atoms with E-state index in [2.05, 4.69) is 4.90 Å². The molecule has 0 aliphatic carbocycles. The second-order valence-corrected chi connectivity index (χ2v) is 10.5. The van der Waals surface area contributed by atoms with E-state index in [1.807, 2.05) is 24.3 Å². The summed E-state index contributed by atoms with van der Waals surface area (Å²) in [6.07, 6.45) is 0. The van der Waals surface area contributed by atoms with Gasteiger partial charge in [0.1, 0.15) is 18.0 Å². The van der Waals surface area contributed by atoms with Gasteiger partial charge in [0.15, 0.2) is 0 Å². The molecule has 1 amide bonds. The lowest BCUT2D eigenvalue weighted by Crippen LogP contribution is -2.52. The zero-order valence-electron chi connectivity index (χ0n) is 20.1. The second kappa shape index (κ2) is 11.1. The first-order chi connectivity index (χ1) is 17.3. The molecular formula is C26H28ClN3O5S. The van der Waals surface area contributed by atoms with Crippen LogP contribution in [0.2, 0.25) is 5.02 Å². The first-order valence-corrected chi connectivity index (χ1v) is 13.2. The Balaban J connectivity index is 1.51. The van der Waals surface area contributed by atoms with Crippen molar-refractivity contribution in [1.29, 1.82) is 0 Å². The lowest BCUT2D eigenvalue weighted by atomic mass is 10.2. The quantitative estimate of drug-likeness (QED) is 0.440. The molecule has 0 aromatic heterocycles. The normalized spacial score (nSPS) is 13.9. The molecule has 0 radical (unpaired) electrons. The van der Waals surface area contributed by atoms with Gasteiger partial charge in [0, 0.05) is 36.9 Å². The molecule has 0 spiro atoms. The summed E-state index contributed by atoms with van der Waals surface area (Å²) in [7, 11) is -0.906. The van der Waals surface area contributed by atoms with E-state index in [-0.39, 0.29) is 17.3 Å². The van der Waals surface area contributed by atoms with E-state index in [9.17, 15) is 13.2 Å². The van der Waals surface area contributed by atoms with E-state index in [0.717, 1.165) is 15.7 Å². The molecule has 4 rings (SSSR count). The van der Waals surface area contributed by atoms with Crippen molar-refractivity contribution in [3.63, 3.8) is 0 Å². The van der Waals surface area contributed by atoms with Crippen LogP contribution in [0.5, 0.6) is 11.5 Å². The fourth-order valence-electron chi connectivity index (χ4n) is 4.05. The van der Waals surface area contributed by atoms with Crippen LogP contribution in [0.1, 0.15) is 0 Å². The Hall–Kier alpha value is -3.43. The predicted octanol–water partition coefficient (Wildman–Crippen LogP) is 3.90. The minimum absolute atomic E-state index is 0.0559. The molecular weight excluding hydrogens is 502 g/mol. The van der Waals surface area contributed by atoms with E-state index in [0.29, 0.717) is 42.6 Å². The van der Waals surface area contributed by atoms with Crippen LogP contribution in [-0.2, 0) is 14.8 Å². The molecule has 0 N–H and O–H groups in total. The first-order valence-electron chi connectivity index (χ1n) is 11.4. The van der Waals surface area contributed by atoms with Gasteiger partial charge in [-0.3, -0.25) is 9.10 Å². The van der Waals surface area contributed by atoms with Gasteiger partial charge in [-0.2, -0.15) is 0 Å². The predicted molar refractivity (Wildman–Crippen MR) is 141 cm³/mol. The molecule has 0 saturated carbocycles. The zero-order valence-corrected chi connectivity index (χ0v) is 21.7. The number of rotatable bonds is 8. The van der Waals surface area contributed by atoms with Crippen LogP contribution >= 0.6 is 11.6 Å². The summed E-state index contributed by atoms with van der Waals surface area (Å²) in [5, 5.41) is 0.378. The van der Waals surface area contributed by atoms with E-state index >= 15 is 0 Å². The summed E-state index contributed by atoms with van der Waals surface area (Å²) in [6, 6.07) is 20.3. The van der Waals surface area contributed by atoms with Gasteiger partial charge in [-0.05, 0) is 66.7 Å². The van der Waals surface area contributed by atoms with E-state index < -0.39 is 10.0 Å². The highest BCUT2D eigenvalue weighted by Gasteiger charge is 2.30. The summed E-state index contributed by atoms with van der Waals surface area (Å²) in [6.45, 7) is 1.91. The number of hydrogen-bond acceptors (Lipinski definition) is 6. The van der Waals surface area contributed by atoms with Crippen molar-refractivity contribution in [1.82, 2.24) is 4.90 Å². The van der Waals surface area contributed by atoms with Crippen LogP contribution in [0.3, 0.4) is 0 Å². The van der Waals surface area contributed by atoms with Crippen molar-refractivity contribution >= 4 is 38.9 Å². The van der Waals surface area contributed by atoms with Crippen LogP contribution < -0.4 is 18.7 Å². The highest BCUT2D eigenvalue weighted by molar-refractivity contribution is 7.92. The van der Waals surface area contributed by atoms with Gasteiger partial charge < -0.3 is 19.3 Å². The minimum atomic E-state index is -4.04. The Kier molecular flexibility index (Phi) is 7.91. The molecule has 36 heavy (non-hydrogen) atoms. The molecule has 1 fully saturated rings. The third-order valence-corrected chi connectivity index (χ3v) is 8.12. The monoisotopic (exact) mass is 529 g/mol. The summed E-state index contributed by atoms with van der Waals surface area (Å²) in [4.78, 5) is 17.2. The van der Waals surface area contributed by atoms with Gasteiger partial charge >= 0.3 is 0 Å². The summed E-state index contributed by atoms with van der Waals surface area (Å²) in [5.41, 5.74) is 1.37. The number of amides is 1. The lowest BCUT2D eigenvalue weighted by molar-refractivity contribution is -0.129. The van der Waals surface area contributed by atoms with Crippen LogP contribution in [-0.4, -0.2) is 66.2 Å². The number of ether oxygens (including phenoxy) is 2. The highest BCUT2D eigenvalue weighted by Crippen LogP contribution is 2.28. The Bertz CT molecular complexity index is 1290. The van der Waals surface area contributed by atoms with Crippen molar-refractivity contribution in [2.24, 2.45) is 0 Å². The van der Waals surface area contributed by atoms with Crippen LogP contribution in [0.25, 0.3) is 0 Å². The van der Waals surface area contributed by atoms with E-state index in [4.69, 9.17) is 21.1 Å². The summed E-state index contributed by atoms with van der Waals surface area (Å²) >= 11 is 6.16. The third-order valence-electron chi connectivity index (χ3n) is 6.09. The van der Waals surface area contributed by atoms with Crippen molar-refractivity contribution in [3.05, 3.63) is 77.8 Å². The Labute approximate surface area is 216 Å². The van der Waals surface area contributed by atoms with E-state index in [1.54, 1.807) is 42.3 Å². The van der Waals surface area contributed by atoms with Gasteiger partial charge in [0.05, 0.1) is 24.8 Å². The van der Waals surface area contributed by atoms with E-state index in [1.165, 1.54) is 25.3 Å². The van der Waals surface area contributed by atoms with Crippen molar-refractivity contribution < 1.29 is 22.7 Å². The molecule has 1 aliphatic heterocycles. The largest absolute Gasteiger partial charge is 0.497 e. The lowest BCUT2D eigenvalue weighted by Gasteiger charge is -2.37. The molecule has 8 nitrogen and oxygen atoms in total. The molecule has 1 aliphatic rings. The number of methoxy groups -OCH3 is 2. The number of benzene rings is 3. The zero-order chi connectivity index (χ0) is 25.7. The molecule has 0 unspecified atom stereocenters. The fraction of sp³-hybridized carbons (Fsp3) is 0.269. The maximum absolute atomic E-state index is 13.6. The average molecular weight is 530 g/mol. The van der Waals surface area contributed by atoms with Crippen molar-refractivity contribution in [2.45, 2.75) is 4.90 Å². The third kappa shape index (κ3) is 5.68. The maximum atomic E-state index is 13.6. The second-order valence-electron chi connectivity index (χ2n) is 8.23. The van der Waals surface area contributed by atoms with Gasteiger partial charge in [-0.15, -0.1) is 0 Å². The highest BCUT2D eigenvalue weighted by atomic mass is 35.5. The van der Waals surface area contributed by atoms with Crippen LogP contribution in [0.4, 0.5) is 11.4 Å². The Morgan fingerprint density at radius 2 is 1.47 bits per heavy atom. The summed E-state index contributed by atoms with van der Waals surface area (Å²) < 4.78 is 38.7. The van der Waals surface area contributed by atoms with Gasteiger partial charge in [0.2, 0.25) is 5.91 Å². The van der Waals surface area contributed by atoms with Crippen LogP contribution in [0, 0.1) is 0 Å². The number of carbonyl (C=O) groups is 1. The smallest absolute Gasteiger partial charge is 0.264 e. The van der Waals surface area contributed by atoms with Crippen molar-refractivity contribution in [2.75, 3.05) is 56.1 Å². The number of anilines is 2. The topological polar surface area (TPSA) is 79.4 Å². The number of carbonyl (C=O) groups excluding carboxylic acids is 1. The Morgan fingerprint density at radius 3 is 2.03 bits per heavy atom. The number of nitrogens with zero attached hydrogens (tertiary/aromatic N) is 3. The van der Waals surface area contributed by atoms with Gasteiger partial charge in [-0.25, -0.2) is 8.42 Å². The van der Waals surface area contributed by atoms with Crippen molar-refractivity contribution in [3.8, 4) is 11.5 Å². The van der Waals surface area contributed by atoms with Gasteiger partial charge in [-0.1, -0.05) is 17.7 Å². The summed E-state index contributed by atoms with van der Waals surface area (Å²) in [5.74, 6) is 1.04. The molecule has 1 heterocycles. The number of sulfonamides is 1. The molecule has 190 valence electrons. The molecule has 1 saturated heterocycles. The Morgan fingerprint density at radius 1 is 0.889 bits per heavy atom. The molecule has 0 bridgehead atoms. The number of hydrogen-bond donors (Lipinski definition) is 0. The minimum Gasteiger partial charge on any atom is -0.497 e. The molecule has 10 heteroatoms. The first kappa shape index (κ1) is 25.7. The SMILES string of the molecule is COc1ccc(N2CCN(C(=O)CN(c3cccc(Cl)c3)S(=O)(=O)c3ccc(OC)cc3)CC2)cc1. The average Bonchev–Trinajstić information content (AvgIpc) is 2.91. The van der Waals surface area contributed by atoms with Crippen LogP contribution in [0.15, 0.2) is 77.7 Å². The molecule has 0 atom stereocenters. The molecule has 3 aromatic rings. The number of halogens is 1. The fourth-order valence-corrected chi connectivity index (χ4v) is 5.64.